The van der Waals surface area contributed by atoms with Crippen molar-refractivity contribution in [2.24, 2.45) is 0 Å². The Bertz CT molecular complexity index is 989. The molecule has 0 aromatic heterocycles. The van der Waals surface area contributed by atoms with Crippen molar-refractivity contribution in [2.75, 3.05) is 20.2 Å². The summed E-state index contributed by atoms with van der Waals surface area (Å²) in [7, 11) is 2.22. The molecule has 6 rings (SSSR count). The average Bonchev–Trinajstić information content (AvgIpc) is 3.12. The summed E-state index contributed by atoms with van der Waals surface area (Å²) in [6.07, 6.45) is 4.90. The number of likely N-dealkylation sites (N-methyl/N-ethyl adjacent to an activating group) is 1. The van der Waals surface area contributed by atoms with Crippen molar-refractivity contribution in [3.63, 3.8) is 0 Å². The predicted molar refractivity (Wildman–Crippen MR) is 115 cm³/mol. The highest BCUT2D eigenvalue weighted by atomic mass is 16.5. The van der Waals surface area contributed by atoms with Crippen LogP contribution in [0.15, 0.2) is 48.5 Å². The number of likely N-dealkylation sites (tertiary alicyclic amines) is 1. The number of carbonyl (C=O) groups is 1. The third kappa shape index (κ3) is 2.32. The lowest BCUT2D eigenvalue weighted by Crippen LogP contribution is -2.77. The van der Waals surface area contributed by atoms with Crippen LogP contribution < -0.4 is 4.74 Å². The molecule has 1 saturated heterocycles. The molecular weight excluding hydrogens is 374 g/mol. The Hall–Kier alpha value is -2.17. The van der Waals surface area contributed by atoms with Gasteiger partial charge in [-0.05, 0) is 62.9 Å². The van der Waals surface area contributed by atoms with E-state index in [2.05, 4.69) is 60.5 Å². The first-order valence-electron chi connectivity index (χ1n) is 11.4. The molecule has 4 aliphatic rings. The van der Waals surface area contributed by atoms with Crippen molar-refractivity contribution in [3.8, 4) is 5.75 Å². The zero-order valence-corrected chi connectivity index (χ0v) is 17.6. The van der Waals surface area contributed by atoms with E-state index in [-0.39, 0.29) is 22.9 Å². The molecule has 30 heavy (non-hydrogen) atoms. The van der Waals surface area contributed by atoms with Crippen molar-refractivity contribution in [2.45, 2.75) is 61.7 Å². The number of nitrogens with zero attached hydrogens (tertiary/aromatic N) is 1. The normalized spacial score (nSPS) is 33.8. The second kappa shape index (κ2) is 6.66. The smallest absolute Gasteiger partial charge is 0.174 e. The fourth-order valence-electron chi connectivity index (χ4n) is 6.94. The molecule has 0 radical (unpaired) electrons. The number of benzene rings is 2. The third-order valence-corrected chi connectivity index (χ3v) is 8.20. The van der Waals surface area contributed by atoms with Gasteiger partial charge in [-0.15, -0.1) is 0 Å². The Balaban J connectivity index is 1.37. The van der Waals surface area contributed by atoms with Gasteiger partial charge in [-0.3, -0.25) is 4.79 Å². The van der Waals surface area contributed by atoms with Crippen LogP contribution >= 0.6 is 0 Å². The minimum absolute atomic E-state index is 0.255. The lowest BCUT2D eigenvalue weighted by atomic mass is 9.49. The van der Waals surface area contributed by atoms with Crippen molar-refractivity contribution in [1.29, 1.82) is 0 Å². The molecule has 2 aliphatic carbocycles. The summed E-state index contributed by atoms with van der Waals surface area (Å²) in [6.45, 7) is 1.71. The number of carbonyl (C=O) groups excluding carboxylic acids is 1. The summed E-state index contributed by atoms with van der Waals surface area (Å²) in [5.74, 6) is 1.18. The number of Topliss-reactive ketones (excluding diaryl/α,β-unsaturated/α-hetero) is 1. The summed E-state index contributed by atoms with van der Waals surface area (Å²) in [6, 6.07) is 17.3. The number of ketones is 1. The van der Waals surface area contributed by atoms with Gasteiger partial charge in [0, 0.05) is 24.6 Å². The molecule has 156 valence electrons. The van der Waals surface area contributed by atoms with Crippen LogP contribution in [0.1, 0.15) is 42.4 Å². The minimum Gasteiger partial charge on any atom is -0.481 e. The molecule has 1 spiro atoms. The fourth-order valence-corrected chi connectivity index (χ4v) is 6.94. The number of aryl methyl sites for hydroxylation is 1. The Kier molecular flexibility index (Phi) is 4.13. The summed E-state index contributed by atoms with van der Waals surface area (Å²) in [5.41, 5.74) is 3.33. The van der Waals surface area contributed by atoms with E-state index in [0.29, 0.717) is 12.5 Å². The second-order valence-corrected chi connectivity index (χ2v) is 9.50. The Morgan fingerprint density at radius 2 is 2.00 bits per heavy atom. The fraction of sp³-hybridized carbons (Fsp3) is 0.500. The Labute approximate surface area is 178 Å². The minimum atomic E-state index is -0.381. The molecule has 2 bridgehead atoms. The van der Waals surface area contributed by atoms with Gasteiger partial charge in [-0.25, -0.2) is 0 Å². The van der Waals surface area contributed by atoms with E-state index >= 15 is 0 Å². The first-order valence-corrected chi connectivity index (χ1v) is 11.4. The van der Waals surface area contributed by atoms with Gasteiger partial charge in [-0.1, -0.05) is 42.5 Å². The zero-order valence-electron chi connectivity index (χ0n) is 17.6. The lowest BCUT2D eigenvalue weighted by molar-refractivity contribution is -0.210. The molecule has 0 unspecified atom stereocenters. The molecule has 4 atom stereocenters. The number of piperidine rings is 1. The van der Waals surface area contributed by atoms with Gasteiger partial charge >= 0.3 is 0 Å². The van der Waals surface area contributed by atoms with E-state index in [1.54, 1.807) is 0 Å². The highest BCUT2D eigenvalue weighted by Crippen LogP contribution is 2.64. The van der Waals surface area contributed by atoms with E-state index in [1.165, 1.54) is 16.7 Å². The molecule has 0 N–H and O–H groups in total. The molecule has 2 heterocycles. The van der Waals surface area contributed by atoms with Crippen LogP contribution in [0.3, 0.4) is 0 Å². The quantitative estimate of drug-likeness (QED) is 0.714. The molecule has 0 amide bonds. The molecule has 1 saturated carbocycles. The monoisotopic (exact) mass is 403 g/mol. The van der Waals surface area contributed by atoms with Crippen molar-refractivity contribution in [1.82, 2.24) is 4.90 Å². The molecular formula is C26H29NO3. The zero-order chi connectivity index (χ0) is 20.3. The molecule has 2 aromatic rings. The maximum absolute atomic E-state index is 13.1. The van der Waals surface area contributed by atoms with E-state index in [1.807, 2.05) is 0 Å². The van der Waals surface area contributed by atoms with Gasteiger partial charge in [0.1, 0.15) is 5.75 Å². The van der Waals surface area contributed by atoms with Crippen molar-refractivity contribution < 1.29 is 14.3 Å². The van der Waals surface area contributed by atoms with Crippen molar-refractivity contribution >= 4 is 5.78 Å². The van der Waals surface area contributed by atoms with Crippen LogP contribution in [0.5, 0.6) is 5.75 Å². The molecule has 2 fully saturated rings. The number of rotatable bonds is 5. The van der Waals surface area contributed by atoms with Gasteiger partial charge in [0.25, 0.3) is 0 Å². The van der Waals surface area contributed by atoms with Crippen LogP contribution in [0.2, 0.25) is 0 Å². The first kappa shape index (κ1) is 18.6. The van der Waals surface area contributed by atoms with Gasteiger partial charge < -0.3 is 14.4 Å². The SMILES string of the molecule is CN1CC[C@]23c4c5cccc4O[C@H]2C(=O)CC[C@@]3(OCCCc2ccccc2)[C@H]1C5. The largest absolute Gasteiger partial charge is 0.481 e. The number of ether oxygens (including phenoxy) is 2. The number of hydrogen-bond donors (Lipinski definition) is 0. The second-order valence-electron chi connectivity index (χ2n) is 9.50. The average molecular weight is 404 g/mol. The van der Waals surface area contributed by atoms with E-state index in [4.69, 9.17) is 9.47 Å². The van der Waals surface area contributed by atoms with Crippen LogP contribution in [0, 0.1) is 0 Å². The van der Waals surface area contributed by atoms with Crippen LogP contribution in [-0.2, 0) is 27.8 Å². The standard InChI is InChI=1S/C26H29NO3/c1-27-15-14-25-23-19-10-5-11-21(23)30-24(25)20(28)12-13-26(25,22(27)17-19)29-16-6-9-18-7-3-2-4-8-18/h2-5,7-8,10-11,22,24H,6,9,12-17H2,1H3/t22-,24+,25+,26-/m1/s1. The molecule has 2 aromatic carbocycles. The van der Waals surface area contributed by atoms with E-state index in [0.717, 1.165) is 51.0 Å². The summed E-state index contributed by atoms with van der Waals surface area (Å²) in [4.78, 5) is 15.5. The van der Waals surface area contributed by atoms with Gasteiger partial charge in [0.15, 0.2) is 11.9 Å². The van der Waals surface area contributed by atoms with Crippen LogP contribution in [-0.4, -0.2) is 48.6 Å². The summed E-state index contributed by atoms with van der Waals surface area (Å²) >= 11 is 0. The van der Waals surface area contributed by atoms with Crippen LogP contribution in [0.4, 0.5) is 0 Å². The first-order chi connectivity index (χ1) is 14.7. The van der Waals surface area contributed by atoms with E-state index < -0.39 is 0 Å². The Morgan fingerprint density at radius 1 is 1.13 bits per heavy atom. The van der Waals surface area contributed by atoms with Crippen molar-refractivity contribution in [3.05, 3.63) is 65.2 Å². The topological polar surface area (TPSA) is 38.8 Å². The Morgan fingerprint density at radius 3 is 2.87 bits per heavy atom. The maximum atomic E-state index is 13.1. The summed E-state index contributed by atoms with van der Waals surface area (Å²) < 4.78 is 13.3. The van der Waals surface area contributed by atoms with Gasteiger partial charge in [-0.2, -0.15) is 0 Å². The van der Waals surface area contributed by atoms with E-state index in [9.17, 15) is 4.79 Å². The number of hydrogen-bond acceptors (Lipinski definition) is 4. The molecule has 4 nitrogen and oxygen atoms in total. The lowest BCUT2D eigenvalue weighted by Gasteiger charge is -2.64. The molecule has 4 heteroatoms. The summed E-state index contributed by atoms with van der Waals surface area (Å²) in [5, 5.41) is 0. The van der Waals surface area contributed by atoms with Gasteiger partial charge in [0.2, 0.25) is 0 Å². The van der Waals surface area contributed by atoms with Crippen LogP contribution in [0.25, 0.3) is 0 Å². The predicted octanol–water partition coefficient (Wildman–Crippen LogP) is 3.70. The highest BCUT2D eigenvalue weighted by Gasteiger charge is 2.73. The maximum Gasteiger partial charge on any atom is 0.174 e. The highest BCUT2D eigenvalue weighted by molar-refractivity contribution is 5.89. The molecule has 2 aliphatic heterocycles. The van der Waals surface area contributed by atoms with Gasteiger partial charge in [0.05, 0.1) is 11.0 Å². The third-order valence-electron chi connectivity index (χ3n) is 8.20.